The Hall–Kier alpha value is -10.0. The van der Waals surface area contributed by atoms with Gasteiger partial charge in [0.25, 0.3) is 0 Å². The minimum absolute atomic E-state index is 0.926. The molecule has 0 atom stereocenters. The molecule has 0 aliphatic heterocycles. The zero-order valence-corrected chi connectivity index (χ0v) is 40.1. The lowest BCUT2D eigenvalue weighted by molar-refractivity contribution is 1.14. The summed E-state index contributed by atoms with van der Waals surface area (Å²) >= 11 is 0. The Morgan fingerprint density at radius 3 is 0.973 bits per heavy atom. The van der Waals surface area contributed by atoms with Gasteiger partial charge >= 0.3 is 0 Å². The molecule has 0 N–H and O–H groups in total. The Balaban J connectivity index is 1.01. The van der Waals surface area contributed by atoms with E-state index in [1.54, 1.807) is 0 Å². The minimum atomic E-state index is 0.926. The highest BCUT2D eigenvalue weighted by Crippen LogP contribution is 2.49. The van der Waals surface area contributed by atoms with E-state index in [4.69, 9.17) is 9.97 Å². The first-order valence-electron chi connectivity index (χ1n) is 25.1. The number of pyridine rings is 2. The zero-order chi connectivity index (χ0) is 48.7. The van der Waals surface area contributed by atoms with Gasteiger partial charge in [-0.1, -0.05) is 194 Å². The van der Waals surface area contributed by atoms with E-state index in [9.17, 15) is 0 Å². The average molecular weight is 945 g/mol. The van der Waals surface area contributed by atoms with Crippen LogP contribution >= 0.6 is 0 Å². The van der Waals surface area contributed by atoms with Crippen LogP contribution in [0.25, 0.3) is 133 Å². The monoisotopic (exact) mass is 944 g/mol. The maximum Gasteiger partial charge on any atom is 0.137 e. The summed E-state index contributed by atoms with van der Waals surface area (Å²) in [5.41, 5.74) is 19.7. The van der Waals surface area contributed by atoms with Crippen LogP contribution in [-0.2, 0) is 0 Å². The summed E-state index contributed by atoms with van der Waals surface area (Å²) in [6.07, 6.45) is 8.31. The summed E-state index contributed by atoms with van der Waals surface area (Å²) in [5, 5.41) is 7.12. The zero-order valence-electron chi connectivity index (χ0n) is 40.1. The van der Waals surface area contributed by atoms with Crippen molar-refractivity contribution in [1.29, 1.82) is 0 Å². The molecule has 0 spiro atoms. The first-order chi connectivity index (χ1) is 36.7. The Kier molecular flexibility index (Phi) is 9.47. The number of hydrogen-bond donors (Lipinski definition) is 0. The third kappa shape index (κ3) is 6.59. The maximum atomic E-state index is 4.98. The second-order valence-electron chi connectivity index (χ2n) is 19.0. The van der Waals surface area contributed by atoms with E-state index in [1.807, 2.05) is 48.8 Å². The largest absolute Gasteiger partial charge is 0.308 e. The fraction of sp³-hybridized carbons (Fsp3) is 0. The van der Waals surface area contributed by atoms with Gasteiger partial charge in [-0.05, 0) is 81.6 Å². The SMILES string of the molecule is c1ccc(-c2c(-c3ccccc3)n(-c3ccc(-c4cn5ccccc5n4)cc3)c3c2ccc2c4ccc5c(-c6ccccc6)c(-c6ccccc6)n(-c6ccc(-c7cn8ccccc8n7)cc6)c5c4ccc23)cc1. The minimum Gasteiger partial charge on any atom is -0.308 e. The molecule has 0 aliphatic rings. The molecule has 9 aromatic carbocycles. The lowest BCUT2D eigenvalue weighted by atomic mass is 9.94. The van der Waals surface area contributed by atoms with Gasteiger partial charge in [-0.3, -0.25) is 0 Å². The van der Waals surface area contributed by atoms with Crippen LogP contribution in [0.3, 0.4) is 0 Å². The summed E-state index contributed by atoms with van der Waals surface area (Å²) in [6, 6.07) is 87.8. The van der Waals surface area contributed by atoms with Crippen molar-refractivity contribution >= 4 is 54.6 Å². The van der Waals surface area contributed by atoms with Crippen molar-refractivity contribution in [1.82, 2.24) is 27.9 Å². The maximum absolute atomic E-state index is 4.98. The molecule has 346 valence electrons. The van der Waals surface area contributed by atoms with Crippen molar-refractivity contribution in [2.75, 3.05) is 0 Å². The molecule has 6 nitrogen and oxygen atoms in total. The highest BCUT2D eigenvalue weighted by Gasteiger charge is 2.27. The second-order valence-corrected chi connectivity index (χ2v) is 19.0. The lowest BCUT2D eigenvalue weighted by Crippen LogP contribution is -1.99. The van der Waals surface area contributed by atoms with Gasteiger partial charge in [-0.25, -0.2) is 9.97 Å². The molecule has 0 unspecified atom stereocenters. The standard InChI is InChI=1S/C68H44N6/c1-5-17-47(18-6-1)63-57-39-35-53-54-36-40-58-64(48-19-7-2-8-20-48)66(50-23-11-4-12-24-50)74(52-33-29-46(30-34-52)60-44-72-42-16-14-26-62(72)70-60)68(58)56(54)38-37-55(53)67(57)73(65(63)49-21-9-3-10-22-49)51-31-27-45(28-32-51)59-43-71-41-15-13-25-61(71)69-59/h1-44H. The summed E-state index contributed by atoms with van der Waals surface area (Å²) in [6.45, 7) is 0. The molecule has 0 fully saturated rings. The summed E-state index contributed by atoms with van der Waals surface area (Å²) in [5.74, 6) is 0. The van der Waals surface area contributed by atoms with Gasteiger partial charge in [0.15, 0.2) is 0 Å². The van der Waals surface area contributed by atoms with Crippen molar-refractivity contribution in [3.05, 3.63) is 267 Å². The van der Waals surface area contributed by atoms with E-state index >= 15 is 0 Å². The first-order valence-corrected chi connectivity index (χ1v) is 25.1. The van der Waals surface area contributed by atoms with Gasteiger partial charge in [-0.2, -0.15) is 0 Å². The van der Waals surface area contributed by atoms with Crippen LogP contribution in [0, 0.1) is 0 Å². The van der Waals surface area contributed by atoms with Crippen LogP contribution in [0.1, 0.15) is 0 Å². The molecule has 0 bridgehead atoms. The van der Waals surface area contributed by atoms with Gasteiger partial charge in [0.2, 0.25) is 0 Å². The fourth-order valence-corrected chi connectivity index (χ4v) is 11.5. The molecule has 15 rings (SSSR count). The molecule has 15 aromatic rings. The van der Waals surface area contributed by atoms with Crippen LogP contribution < -0.4 is 0 Å². The van der Waals surface area contributed by atoms with Gasteiger partial charge in [0, 0.05) is 80.0 Å². The van der Waals surface area contributed by atoms with Crippen molar-refractivity contribution in [2.24, 2.45) is 0 Å². The van der Waals surface area contributed by atoms with E-state index < -0.39 is 0 Å². The average Bonchev–Trinajstić information content (AvgIpc) is 4.29. The highest BCUT2D eigenvalue weighted by atomic mass is 15.0. The van der Waals surface area contributed by atoms with Crippen LogP contribution in [0.5, 0.6) is 0 Å². The Morgan fingerprint density at radius 2 is 0.595 bits per heavy atom. The number of hydrogen-bond acceptors (Lipinski definition) is 2. The van der Waals surface area contributed by atoms with Gasteiger partial charge in [0.05, 0.1) is 33.8 Å². The van der Waals surface area contributed by atoms with Crippen LogP contribution in [-0.4, -0.2) is 27.9 Å². The molecule has 6 heteroatoms. The number of aromatic nitrogens is 6. The van der Waals surface area contributed by atoms with Gasteiger partial charge in [0.1, 0.15) is 11.3 Å². The molecule has 0 aliphatic carbocycles. The number of benzene rings is 9. The molecule has 0 saturated heterocycles. The highest BCUT2D eigenvalue weighted by molar-refractivity contribution is 6.26. The number of nitrogens with zero attached hydrogens (tertiary/aromatic N) is 6. The van der Waals surface area contributed by atoms with Crippen molar-refractivity contribution in [3.63, 3.8) is 0 Å². The van der Waals surface area contributed by atoms with E-state index in [0.29, 0.717) is 0 Å². The van der Waals surface area contributed by atoms with Gasteiger partial charge < -0.3 is 17.9 Å². The first kappa shape index (κ1) is 41.7. The molecule has 0 radical (unpaired) electrons. The Morgan fingerprint density at radius 1 is 0.257 bits per heavy atom. The smallest absolute Gasteiger partial charge is 0.137 e. The predicted octanol–water partition coefficient (Wildman–Crippen LogP) is 17.2. The van der Waals surface area contributed by atoms with Crippen molar-refractivity contribution < 1.29 is 0 Å². The predicted molar refractivity (Wildman–Crippen MR) is 305 cm³/mol. The van der Waals surface area contributed by atoms with Crippen molar-refractivity contribution in [2.45, 2.75) is 0 Å². The van der Waals surface area contributed by atoms with Crippen molar-refractivity contribution in [3.8, 4) is 78.7 Å². The fourth-order valence-electron chi connectivity index (χ4n) is 11.5. The lowest BCUT2D eigenvalue weighted by Gasteiger charge is -2.16. The molecular weight excluding hydrogens is 901 g/mol. The van der Waals surface area contributed by atoms with E-state index in [2.05, 4.69) is 237 Å². The van der Waals surface area contributed by atoms with Crippen LogP contribution in [0.15, 0.2) is 267 Å². The van der Waals surface area contributed by atoms with E-state index in [1.165, 1.54) is 54.6 Å². The molecule has 74 heavy (non-hydrogen) atoms. The van der Waals surface area contributed by atoms with Crippen LogP contribution in [0.4, 0.5) is 0 Å². The summed E-state index contributed by atoms with van der Waals surface area (Å²) in [4.78, 5) is 9.95. The molecule has 6 aromatic heterocycles. The Bertz CT molecular complexity index is 4240. The third-order valence-corrected chi connectivity index (χ3v) is 14.8. The topological polar surface area (TPSA) is 44.5 Å². The molecule has 0 amide bonds. The molecular formula is C68H44N6. The summed E-state index contributed by atoms with van der Waals surface area (Å²) in [7, 11) is 0. The van der Waals surface area contributed by atoms with E-state index in [-0.39, 0.29) is 0 Å². The normalized spacial score (nSPS) is 11.8. The quantitative estimate of drug-likeness (QED) is 0.143. The van der Waals surface area contributed by atoms with Crippen LogP contribution in [0.2, 0.25) is 0 Å². The number of rotatable bonds is 8. The molecule has 0 saturated carbocycles. The third-order valence-electron chi connectivity index (χ3n) is 14.8. The second kappa shape index (κ2) is 16.8. The number of fused-ring (bicyclic) bond motifs is 9. The summed E-state index contributed by atoms with van der Waals surface area (Å²) < 4.78 is 9.16. The van der Waals surface area contributed by atoms with E-state index in [0.717, 1.165) is 78.7 Å². The van der Waals surface area contributed by atoms with Gasteiger partial charge in [-0.15, -0.1) is 0 Å². The molecule has 6 heterocycles. The number of imidazole rings is 2. The Labute approximate surface area is 426 Å².